The van der Waals surface area contributed by atoms with E-state index >= 15 is 0 Å². The van der Waals surface area contributed by atoms with Gasteiger partial charge in [0.15, 0.2) is 0 Å². The summed E-state index contributed by atoms with van der Waals surface area (Å²) in [4.78, 5) is 2.56. The van der Waals surface area contributed by atoms with Crippen LogP contribution in [0.1, 0.15) is 31.2 Å². The third-order valence-corrected chi connectivity index (χ3v) is 3.42. The minimum atomic E-state index is 0.846. The van der Waals surface area contributed by atoms with E-state index in [1.54, 1.807) is 0 Å². The Morgan fingerprint density at radius 2 is 1.88 bits per heavy atom. The van der Waals surface area contributed by atoms with Crippen LogP contribution < -0.4 is 4.74 Å². The zero-order valence-corrected chi connectivity index (χ0v) is 10.8. The number of nitrogens with zero attached hydrogens (tertiary/aromatic N) is 1. The van der Waals surface area contributed by atoms with E-state index in [0.29, 0.717) is 0 Å². The first kappa shape index (κ1) is 12.4. The summed E-state index contributed by atoms with van der Waals surface area (Å²) in [6.45, 7) is 6.80. The molecule has 0 aromatic heterocycles. The molecule has 0 radical (unpaired) electrons. The van der Waals surface area contributed by atoms with Gasteiger partial charge >= 0.3 is 0 Å². The molecule has 0 amide bonds. The highest BCUT2D eigenvalue weighted by atomic mass is 16.5. The fraction of sp³-hybridized carbons (Fsp3) is 0.600. The second kappa shape index (κ2) is 6.65. The van der Waals surface area contributed by atoms with Crippen LogP contribution in [0.25, 0.3) is 0 Å². The number of aryl methyl sites for hydroxylation is 1. The van der Waals surface area contributed by atoms with Gasteiger partial charge in [-0.25, -0.2) is 0 Å². The number of para-hydroxylation sites is 1. The fourth-order valence-corrected chi connectivity index (χ4v) is 2.34. The predicted octanol–water partition coefficient (Wildman–Crippen LogP) is 3.25. The second-order valence-corrected chi connectivity index (χ2v) is 4.87. The summed E-state index contributed by atoms with van der Waals surface area (Å²) in [7, 11) is 0. The molecule has 0 bridgehead atoms. The van der Waals surface area contributed by atoms with E-state index in [1.165, 1.54) is 44.5 Å². The molecule has 1 heterocycles. The number of ether oxygens (including phenoxy) is 1. The molecule has 2 rings (SSSR count). The molecule has 1 saturated heterocycles. The summed E-state index contributed by atoms with van der Waals surface area (Å²) in [5.74, 6) is 1.04. The van der Waals surface area contributed by atoms with Crippen molar-refractivity contribution < 1.29 is 4.74 Å². The van der Waals surface area contributed by atoms with E-state index < -0.39 is 0 Å². The maximum absolute atomic E-state index is 5.78. The van der Waals surface area contributed by atoms with Crippen molar-refractivity contribution in [3.63, 3.8) is 0 Å². The third-order valence-electron chi connectivity index (χ3n) is 3.42. The van der Waals surface area contributed by atoms with Crippen LogP contribution >= 0.6 is 0 Å². The molecule has 1 aliphatic rings. The van der Waals surface area contributed by atoms with Gasteiger partial charge in [0.05, 0.1) is 6.61 Å². The Balaban J connectivity index is 1.58. The Morgan fingerprint density at radius 3 is 2.65 bits per heavy atom. The molecule has 0 unspecified atom stereocenters. The second-order valence-electron chi connectivity index (χ2n) is 4.87. The van der Waals surface area contributed by atoms with Crippen molar-refractivity contribution in [2.75, 3.05) is 26.2 Å². The highest BCUT2D eigenvalue weighted by molar-refractivity contribution is 5.31. The Labute approximate surface area is 105 Å². The summed E-state index contributed by atoms with van der Waals surface area (Å²) in [6.07, 6.45) is 5.19. The smallest absolute Gasteiger partial charge is 0.122 e. The topological polar surface area (TPSA) is 12.5 Å². The summed E-state index contributed by atoms with van der Waals surface area (Å²) >= 11 is 0. The Kier molecular flexibility index (Phi) is 4.87. The molecule has 1 aliphatic heterocycles. The molecule has 0 spiro atoms. The van der Waals surface area contributed by atoms with Gasteiger partial charge in [0.1, 0.15) is 5.75 Å². The van der Waals surface area contributed by atoms with Gasteiger partial charge in [-0.05, 0) is 63.9 Å². The molecule has 0 atom stereocenters. The molecule has 0 aliphatic carbocycles. The monoisotopic (exact) mass is 233 g/mol. The molecule has 94 valence electrons. The number of rotatable bonds is 6. The maximum atomic E-state index is 5.78. The lowest BCUT2D eigenvalue weighted by molar-refractivity contribution is 0.278. The number of hydrogen-bond donors (Lipinski definition) is 0. The number of benzene rings is 1. The molecule has 1 aromatic carbocycles. The molecule has 0 saturated carbocycles. The van der Waals surface area contributed by atoms with Crippen LogP contribution in [0.5, 0.6) is 5.75 Å². The first-order chi connectivity index (χ1) is 8.36. The van der Waals surface area contributed by atoms with Crippen molar-refractivity contribution in [1.29, 1.82) is 0 Å². The number of unbranched alkanes of at least 4 members (excludes halogenated alkanes) is 1. The minimum absolute atomic E-state index is 0.846. The Morgan fingerprint density at radius 1 is 1.12 bits per heavy atom. The Hall–Kier alpha value is -1.02. The van der Waals surface area contributed by atoms with Crippen molar-refractivity contribution in [2.45, 2.75) is 32.6 Å². The lowest BCUT2D eigenvalue weighted by atomic mass is 10.2. The quantitative estimate of drug-likeness (QED) is 0.699. The van der Waals surface area contributed by atoms with Crippen LogP contribution in [-0.4, -0.2) is 31.1 Å². The van der Waals surface area contributed by atoms with Crippen LogP contribution in [0.4, 0.5) is 0 Å². The first-order valence-corrected chi connectivity index (χ1v) is 6.77. The van der Waals surface area contributed by atoms with Crippen LogP contribution in [0, 0.1) is 6.92 Å². The van der Waals surface area contributed by atoms with Crippen molar-refractivity contribution in [2.24, 2.45) is 0 Å². The summed E-state index contributed by atoms with van der Waals surface area (Å²) in [6, 6.07) is 8.23. The number of hydrogen-bond acceptors (Lipinski definition) is 2. The highest BCUT2D eigenvalue weighted by Crippen LogP contribution is 2.16. The van der Waals surface area contributed by atoms with Gasteiger partial charge in [0.2, 0.25) is 0 Å². The largest absolute Gasteiger partial charge is 0.493 e. The molecule has 2 nitrogen and oxygen atoms in total. The molecule has 2 heteroatoms. The van der Waals surface area contributed by atoms with E-state index in [2.05, 4.69) is 30.0 Å². The van der Waals surface area contributed by atoms with Crippen molar-refractivity contribution >= 4 is 0 Å². The average Bonchev–Trinajstić information content (AvgIpc) is 2.84. The van der Waals surface area contributed by atoms with Crippen LogP contribution in [0.15, 0.2) is 24.3 Å². The fourth-order valence-electron chi connectivity index (χ4n) is 2.34. The van der Waals surface area contributed by atoms with E-state index in [1.807, 2.05) is 6.07 Å². The van der Waals surface area contributed by atoms with Crippen LogP contribution in [0.2, 0.25) is 0 Å². The third kappa shape index (κ3) is 4.04. The van der Waals surface area contributed by atoms with Crippen molar-refractivity contribution in [3.05, 3.63) is 29.8 Å². The summed E-state index contributed by atoms with van der Waals surface area (Å²) in [5.41, 5.74) is 1.23. The molecule has 1 fully saturated rings. The van der Waals surface area contributed by atoms with Gasteiger partial charge in [-0.2, -0.15) is 0 Å². The first-order valence-electron chi connectivity index (χ1n) is 6.77. The molecule has 1 aromatic rings. The average molecular weight is 233 g/mol. The van der Waals surface area contributed by atoms with Gasteiger partial charge in [0, 0.05) is 0 Å². The van der Waals surface area contributed by atoms with E-state index in [-0.39, 0.29) is 0 Å². The lowest BCUT2D eigenvalue weighted by Gasteiger charge is -2.14. The zero-order valence-electron chi connectivity index (χ0n) is 10.8. The van der Waals surface area contributed by atoms with E-state index in [4.69, 9.17) is 4.74 Å². The standard InChI is InChI=1S/C15H23NO/c1-14-8-2-3-9-15(14)17-13-7-6-12-16-10-4-5-11-16/h2-3,8-9H,4-7,10-13H2,1H3. The molecular weight excluding hydrogens is 210 g/mol. The summed E-state index contributed by atoms with van der Waals surface area (Å²) < 4.78 is 5.78. The van der Waals surface area contributed by atoms with Crippen molar-refractivity contribution in [3.8, 4) is 5.75 Å². The molecular formula is C15H23NO. The Bertz CT molecular complexity index is 331. The van der Waals surface area contributed by atoms with Crippen LogP contribution in [-0.2, 0) is 0 Å². The predicted molar refractivity (Wildman–Crippen MR) is 71.6 cm³/mol. The normalized spacial score (nSPS) is 16.3. The SMILES string of the molecule is Cc1ccccc1OCCCCN1CCCC1. The minimum Gasteiger partial charge on any atom is -0.493 e. The molecule has 0 N–H and O–H groups in total. The number of likely N-dealkylation sites (tertiary alicyclic amines) is 1. The highest BCUT2D eigenvalue weighted by Gasteiger charge is 2.10. The zero-order chi connectivity index (χ0) is 11.9. The van der Waals surface area contributed by atoms with Gasteiger partial charge < -0.3 is 9.64 Å². The van der Waals surface area contributed by atoms with E-state index in [0.717, 1.165) is 18.8 Å². The van der Waals surface area contributed by atoms with Gasteiger partial charge in [-0.15, -0.1) is 0 Å². The summed E-state index contributed by atoms with van der Waals surface area (Å²) in [5, 5.41) is 0. The molecule has 17 heavy (non-hydrogen) atoms. The van der Waals surface area contributed by atoms with Crippen molar-refractivity contribution in [1.82, 2.24) is 4.90 Å². The maximum Gasteiger partial charge on any atom is 0.122 e. The lowest BCUT2D eigenvalue weighted by Crippen LogP contribution is -2.20. The van der Waals surface area contributed by atoms with Gasteiger partial charge in [0.25, 0.3) is 0 Å². The van der Waals surface area contributed by atoms with Gasteiger partial charge in [-0.1, -0.05) is 18.2 Å². The van der Waals surface area contributed by atoms with Gasteiger partial charge in [-0.3, -0.25) is 0 Å². The van der Waals surface area contributed by atoms with Crippen LogP contribution in [0.3, 0.4) is 0 Å². The van der Waals surface area contributed by atoms with E-state index in [9.17, 15) is 0 Å².